The zero-order chi connectivity index (χ0) is 18.1. The van der Waals surface area contributed by atoms with Crippen molar-refractivity contribution >= 4 is 23.5 Å². The highest BCUT2D eigenvalue weighted by Gasteiger charge is 2.05. The van der Waals surface area contributed by atoms with Gasteiger partial charge in [0, 0.05) is 30.2 Å². The molecule has 0 aliphatic rings. The fraction of sp³-hybridized carbons (Fsp3) is 0.263. The summed E-state index contributed by atoms with van der Waals surface area (Å²) in [4.78, 5) is 23.7. The van der Waals surface area contributed by atoms with Crippen LogP contribution >= 0.6 is 11.6 Å². The summed E-state index contributed by atoms with van der Waals surface area (Å²) in [5.74, 6) is -0.154. The Morgan fingerprint density at radius 1 is 0.920 bits per heavy atom. The first-order valence-corrected chi connectivity index (χ1v) is 8.59. The highest BCUT2D eigenvalue weighted by atomic mass is 35.5. The Morgan fingerprint density at radius 3 is 2.20 bits per heavy atom. The van der Waals surface area contributed by atoms with E-state index < -0.39 is 0 Å². The Balaban J connectivity index is 1.85. The Morgan fingerprint density at radius 2 is 1.56 bits per heavy atom. The molecule has 6 heteroatoms. The summed E-state index contributed by atoms with van der Waals surface area (Å²) >= 11 is 5.82. The van der Waals surface area contributed by atoms with E-state index in [1.165, 1.54) is 0 Å². The molecular weight excluding hydrogens is 338 g/mol. The van der Waals surface area contributed by atoms with Crippen LogP contribution in [0.1, 0.15) is 34.8 Å². The van der Waals surface area contributed by atoms with Crippen LogP contribution in [0.4, 0.5) is 4.79 Å². The maximum atomic E-state index is 12.1. The number of benzene rings is 2. The Labute approximate surface area is 152 Å². The lowest BCUT2D eigenvalue weighted by atomic mass is 10.1. The molecule has 0 atom stereocenters. The molecule has 3 N–H and O–H groups in total. The van der Waals surface area contributed by atoms with E-state index in [-0.39, 0.29) is 11.9 Å². The molecule has 0 aromatic heterocycles. The Kier molecular flexibility index (Phi) is 7.29. The molecule has 0 bridgehead atoms. The highest BCUT2D eigenvalue weighted by Crippen LogP contribution is 2.10. The van der Waals surface area contributed by atoms with Crippen LogP contribution in [0, 0.1) is 0 Å². The standard InChI is InChI=1S/C19H22ClN3O2/c1-2-10-21-19(25)23-13-15-5-3-4-14(11-15)12-22-18(24)16-6-8-17(20)9-7-16/h3-9,11H,2,10,12-13H2,1H3,(H,22,24)(H2,21,23,25). The predicted octanol–water partition coefficient (Wildman–Crippen LogP) is 3.48. The molecule has 0 radical (unpaired) electrons. The molecule has 0 aliphatic heterocycles. The van der Waals surface area contributed by atoms with Gasteiger partial charge in [0.1, 0.15) is 0 Å². The van der Waals surface area contributed by atoms with Gasteiger partial charge in [-0.25, -0.2) is 4.79 Å². The minimum atomic E-state index is -0.178. The molecule has 2 aromatic rings. The van der Waals surface area contributed by atoms with E-state index >= 15 is 0 Å². The van der Waals surface area contributed by atoms with Crippen LogP contribution in [-0.2, 0) is 13.1 Å². The second kappa shape index (κ2) is 9.69. The van der Waals surface area contributed by atoms with Crippen LogP contribution in [0.15, 0.2) is 48.5 Å². The molecule has 0 fully saturated rings. The normalized spacial score (nSPS) is 10.2. The second-order valence-corrected chi connectivity index (χ2v) is 6.06. The lowest BCUT2D eigenvalue weighted by Gasteiger charge is -2.09. The quantitative estimate of drug-likeness (QED) is 0.708. The van der Waals surface area contributed by atoms with Crippen LogP contribution < -0.4 is 16.0 Å². The molecule has 0 saturated heterocycles. The number of halogens is 1. The number of carbonyl (C=O) groups excluding carboxylic acids is 2. The van der Waals surface area contributed by atoms with Crippen molar-refractivity contribution in [3.8, 4) is 0 Å². The fourth-order valence-electron chi connectivity index (χ4n) is 2.22. The highest BCUT2D eigenvalue weighted by molar-refractivity contribution is 6.30. The lowest BCUT2D eigenvalue weighted by molar-refractivity contribution is 0.0951. The predicted molar refractivity (Wildman–Crippen MR) is 99.6 cm³/mol. The van der Waals surface area contributed by atoms with E-state index in [2.05, 4.69) is 16.0 Å². The van der Waals surface area contributed by atoms with Crippen LogP contribution in [0.2, 0.25) is 5.02 Å². The molecule has 132 valence electrons. The first-order chi connectivity index (χ1) is 12.1. The van der Waals surface area contributed by atoms with Crippen molar-refractivity contribution in [2.75, 3.05) is 6.54 Å². The minimum Gasteiger partial charge on any atom is -0.348 e. The molecule has 5 nitrogen and oxygen atoms in total. The topological polar surface area (TPSA) is 70.2 Å². The Hall–Kier alpha value is -2.53. The van der Waals surface area contributed by atoms with Gasteiger partial charge in [-0.15, -0.1) is 0 Å². The van der Waals surface area contributed by atoms with Crippen LogP contribution in [0.25, 0.3) is 0 Å². The molecular formula is C19H22ClN3O2. The molecule has 2 aromatic carbocycles. The van der Waals surface area contributed by atoms with Crippen molar-refractivity contribution in [3.05, 3.63) is 70.2 Å². The smallest absolute Gasteiger partial charge is 0.315 e. The first kappa shape index (κ1) is 18.8. The van der Waals surface area contributed by atoms with Crippen molar-refractivity contribution in [2.45, 2.75) is 26.4 Å². The molecule has 3 amide bonds. The van der Waals surface area contributed by atoms with Crippen molar-refractivity contribution in [3.63, 3.8) is 0 Å². The molecule has 0 saturated carbocycles. The van der Waals surface area contributed by atoms with E-state index in [0.717, 1.165) is 17.5 Å². The minimum absolute atomic E-state index is 0.154. The summed E-state index contributed by atoms with van der Waals surface area (Å²) in [6.07, 6.45) is 0.899. The van der Waals surface area contributed by atoms with Gasteiger partial charge in [0.15, 0.2) is 0 Å². The van der Waals surface area contributed by atoms with Crippen molar-refractivity contribution < 1.29 is 9.59 Å². The van der Waals surface area contributed by atoms with Crippen LogP contribution in [0.5, 0.6) is 0 Å². The lowest BCUT2D eigenvalue weighted by Crippen LogP contribution is -2.35. The van der Waals surface area contributed by atoms with Gasteiger partial charge in [0.2, 0.25) is 0 Å². The SMILES string of the molecule is CCCNC(=O)NCc1cccc(CNC(=O)c2ccc(Cl)cc2)c1. The third kappa shape index (κ3) is 6.47. The van der Waals surface area contributed by atoms with Gasteiger partial charge < -0.3 is 16.0 Å². The van der Waals surface area contributed by atoms with E-state index in [4.69, 9.17) is 11.6 Å². The van der Waals surface area contributed by atoms with Gasteiger partial charge in [0.25, 0.3) is 5.91 Å². The fourth-order valence-corrected chi connectivity index (χ4v) is 2.34. The number of nitrogens with one attached hydrogen (secondary N) is 3. The number of hydrogen-bond acceptors (Lipinski definition) is 2. The molecule has 0 heterocycles. The molecule has 25 heavy (non-hydrogen) atoms. The average Bonchev–Trinajstić information content (AvgIpc) is 2.63. The van der Waals surface area contributed by atoms with Gasteiger partial charge in [-0.1, -0.05) is 42.8 Å². The Bertz CT molecular complexity index is 717. The summed E-state index contributed by atoms with van der Waals surface area (Å²) < 4.78 is 0. The van der Waals surface area contributed by atoms with Gasteiger partial charge in [-0.05, 0) is 41.8 Å². The van der Waals surface area contributed by atoms with Crippen LogP contribution in [0.3, 0.4) is 0 Å². The molecule has 0 aliphatic carbocycles. The molecule has 0 unspecified atom stereocenters. The molecule has 2 rings (SSSR count). The third-order valence-electron chi connectivity index (χ3n) is 3.54. The largest absolute Gasteiger partial charge is 0.348 e. The van der Waals surface area contributed by atoms with E-state index in [9.17, 15) is 9.59 Å². The summed E-state index contributed by atoms with van der Waals surface area (Å²) in [5, 5.41) is 9.04. The summed E-state index contributed by atoms with van der Waals surface area (Å²) in [6.45, 7) is 3.51. The van der Waals surface area contributed by atoms with Crippen molar-refractivity contribution in [1.29, 1.82) is 0 Å². The van der Waals surface area contributed by atoms with Crippen LogP contribution in [-0.4, -0.2) is 18.5 Å². The number of carbonyl (C=O) groups is 2. The number of hydrogen-bond donors (Lipinski definition) is 3. The number of urea groups is 1. The van der Waals surface area contributed by atoms with Crippen molar-refractivity contribution in [1.82, 2.24) is 16.0 Å². The van der Waals surface area contributed by atoms with Crippen molar-refractivity contribution in [2.24, 2.45) is 0 Å². The summed E-state index contributed by atoms with van der Waals surface area (Å²) in [6, 6.07) is 14.3. The third-order valence-corrected chi connectivity index (χ3v) is 3.79. The maximum Gasteiger partial charge on any atom is 0.315 e. The number of amides is 3. The zero-order valence-electron chi connectivity index (χ0n) is 14.1. The maximum absolute atomic E-state index is 12.1. The van der Waals surface area contributed by atoms with Gasteiger partial charge in [-0.2, -0.15) is 0 Å². The van der Waals surface area contributed by atoms with E-state index in [1.807, 2.05) is 31.2 Å². The summed E-state index contributed by atoms with van der Waals surface area (Å²) in [5.41, 5.74) is 2.51. The second-order valence-electron chi connectivity index (χ2n) is 5.62. The first-order valence-electron chi connectivity index (χ1n) is 8.21. The van der Waals surface area contributed by atoms with Gasteiger partial charge in [-0.3, -0.25) is 4.79 Å². The monoisotopic (exact) mass is 359 g/mol. The van der Waals surface area contributed by atoms with E-state index in [1.54, 1.807) is 24.3 Å². The van der Waals surface area contributed by atoms with E-state index in [0.29, 0.717) is 30.2 Å². The van der Waals surface area contributed by atoms with Gasteiger partial charge in [0.05, 0.1) is 0 Å². The van der Waals surface area contributed by atoms with Gasteiger partial charge >= 0.3 is 6.03 Å². The summed E-state index contributed by atoms with van der Waals surface area (Å²) in [7, 11) is 0. The molecule has 0 spiro atoms. The zero-order valence-corrected chi connectivity index (χ0v) is 14.9. The number of rotatable bonds is 7. The average molecular weight is 360 g/mol.